The summed E-state index contributed by atoms with van der Waals surface area (Å²) in [7, 11) is -1.86. The quantitative estimate of drug-likeness (QED) is 0.439. The molecule has 0 spiro atoms. The summed E-state index contributed by atoms with van der Waals surface area (Å²) in [5.74, 6) is 0.572. The number of hydrogen-bond acceptors (Lipinski definition) is 6. The molecule has 0 bridgehead atoms. The Morgan fingerprint density at radius 2 is 1.25 bits per heavy atom. The molecule has 0 unspecified atom stereocenters. The van der Waals surface area contributed by atoms with Crippen LogP contribution in [-0.2, 0) is 0 Å². The second-order valence-corrected chi connectivity index (χ2v) is 7.57. The summed E-state index contributed by atoms with van der Waals surface area (Å²) in [4.78, 5) is 17.0. The zero-order valence-corrected chi connectivity index (χ0v) is 15.7. The molecule has 0 saturated heterocycles. The smallest absolute Gasteiger partial charge is 0.232 e. The topological polar surface area (TPSA) is 84.8 Å². The van der Waals surface area contributed by atoms with Gasteiger partial charge < -0.3 is 25.5 Å². The minimum Gasteiger partial charge on any atom is -0.396 e. The minimum atomic E-state index is -1.86. The van der Waals surface area contributed by atoms with Gasteiger partial charge in [0.2, 0.25) is 7.58 Å². The van der Waals surface area contributed by atoms with Crippen molar-refractivity contribution in [2.45, 2.75) is 41.5 Å². The van der Waals surface area contributed by atoms with Gasteiger partial charge in [0, 0.05) is 12.4 Å². The number of aliphatic hydroxyl groups is 1. The van der Waals surface area contributed by atoms with Gasteiger partial charge in [0.1, 0.15) is 0 Å². The molecule has 5 nitrogen and oxygen atoms in total. The second kappa shape index (κ2) is 19.6. The molecule has 0 rings (SSSR count). The number of hydrogen-bond donors (Lipinski definition) is 5. The van der Waals surface area contributed by atoms with Crippen LogP contribution in [0, 0.1) is 5.41 Å². The molecule has 0 fully saturated rings. The van der Waals surface area contributed by atoms with Crippen molar-refractivity contribution >= 4 is 19.0 Å². The lowest BCUT2D eigenvalue weighted by atomic mass is 9.98. The molecule has 0 amide bonds. The summed E-state index contributed by atoms with van der Waals surface area (Å²) >= 11 is 1.08. The lowest BCUT2D eigenvalue weighted by Crippen LogP contribution is -2.19. The fourth-order valence-corrected chi connectivity index (χ4v) is 2.73. The molecule has 5 N–H and O–H groups in total. The van der Waals surface area contributed by atoms with Crippen LogP contribution in [0.15, 0.2) is 0 Å². The van der Waals surface area contributed by atoms with Crippen LogP contribution >= 0.6 is 19.0 Å². The van der Waals surface area contributed by atoms with E-state index in [0.29, 0.717) is 5.75 Å². The first-order valence-corrected chi connectivity index (χ1v) is 9.98. The van der Waals surface area contributed by atoms with Gasteiger partial charge in [0.15, 0.2) is 0 Å². The molecule has 0 aliphatic heterocycles. The first kappa shape index (κ1) is 25.5. The average Bonchev–Trinajstić information content (AvgIpc) is 2.40. The Morgan fingerprint density at radius 3 is 1.40 bits per heavy atom. The van der Waals surface area contributed by atoms with E-state index >= 15 is 0 Å². The molecule has 0 heterocycles. The molecular weight excluding hydrogens is 295 g/mol. The highest BCUT2D eigenvalue weighted by molar-refractivity contribution is 8.52. The number of rotatable bonds is 8. The molecule has 0 saturated carbocycles. The van der Waals surface area contributed by atoms with Crippen LogP contribution in [0.3, 0.4) is 0 Å². The Morgan fingerprint density at radius 1 is 0.900 bits per heavy atom. The number of nitrogens with one attached hydrogen (secondary N) is 2. The van der Waals surface area contributed by atoms with E-state index < -0.39 is 7.58 Å². The standard InChI is InChI=1S/C5H13O3PS.2C4H11N/c1-5(2,3-6)4-10-9(7)8;2*1-3-5-4-2/h6-8H,3-4H2,1-2H3;2*5H,3-4H2,1-2H3. The Bertz CT molecular complexity index is 166. The van der Waals surface area contributed by atoms with Crippen molar-refractivity contribution in [3.63, 3.8) is 0 Å². The predicted octanol–water partition coefficient (Wildman–Crippen LogP) is 2.18. The van der Waals surface area contributed by atoms with Crippen LogP contribution in [-0.4, -0.2) is 53.4 Å². The monoisotopic (exact) mass is 330 g/mol. The van der Waals surface area contributed by atoms with Gasteiger partial charge in [-0.3, -0.25) is 0 Å². The SMILES string of the molecule is CC(C)(CO)CSP(O)O.CCNCC.CCNCC. The van der Waals surface area contributed by atoms with Gasteiger partial charge in [-0.25, -0.2) is 0 Å². The molecule has 0 aromatic rings. The maximum absolute atomic E-state index is 8.74. The van der Waals surface area contributed by atoms with Crippen LogP contribution in [0.5, 0.6) is 0 Å². The van der Waals surface area contributed by atoms with Gasteiger partial charge in [-0.05, 0) is 31.6 Å². The summed E-state index contributed by atoms with van der Waals surface area (Å²) in [6, 6.07) is 0. The average molecular weight is 330 g/mol. The molecule has 7 heteroatoms. The maximum atomic E-state index is 8.74. The Labute approximate surface area is 130 Å². The largest absolute Gasteiger partial charge is 0.396 e. The summed E-state index contributed by atoms with van der Waals surface area (Å²) in [5.41, 5.74) is -0.212. The van der Waals surface area contributed by atoms with E-state index in [9.17, 15) is 0 Å². The van der Waals surface area contributed by atoms with Crippen molar-refractivity contribution in [3.8, 4) is 0 Å². The second-order valence-electron chi connectivity index (χ2n) is 4.76. The van der Waals surface area contributed by atoms with Crippen LogP contribution in [0.4, 0.5) is 0 Å². The normalized spacial score (nSPS) is 10.5. The molecule has 126 valence electrons. The molecule has 0 aromatic carbocycles. The van der Waals surface area contributed by atoms with Crippen LogP contribution < -0.4 is 10.6 Å². The van der Waals surface area contributed by atoms with E-state index in [1.807, 2.05) is 13.8 Å². The zero-order chi connectivity index (χ0) is 16.4. The number of aliphatic hydroxyl groups excluding tert-OH is 1. The fourth-order valence-electron chi connectivity index (χ4n) is 0.778. The van der Waals surface area contributed by atoms with Crippen molar-refractivity contribution in [1.29, 1.82) is 0 Å². The third kappa shape index (κ3) is 31.1. The van der Waals surface area contributed by atoms with E-state index in [4.69, 9.17) is 14.9 Å². The molecule has 0 atom stereocenters. The highest BCUT2D eigenvalue weighted by Gasteiger charge is 2.18. The van der Waals surface area contributed by atoms with E-state index in [-0.39, 0.29) is 12.0 Å². The van der Waals surface area contributed by atoms with Crippen molar-refractivity contribution in [1.82, 2.24) is 10.6 Å². The molecule has 0 aliphatic carbocycles. The third-order valence-corrected chi connectivity index (χ3v) is 4.22. The molecule has 0 aromatic heterocycles. The molecule has 20 heavy (non-hydrogen) atoms. The van der Waals surface area contributed by atoms with Crippen LogP contribution in [0.25, 0.3) is 0 Å². The van der Waals surface area contributed by atoms with Crippen LogP contribution in [0.2, 0.25) is 0 Å². The fraction of sp³-hybridized carbons (Fsp3) is 1.00. The van der Waals surface area contributed by atoms with Crippen LogP contribution in [0.1, 0.15) is 41.5 Å². The Kier molecular flexibility index (Phi) is 25.0. The lowest BCUT2D eigenvalue weighted by Gasteiger charge is -2.20. The summed E-state index contributed by atoms with van der Waals surface area (Å²) in [6.45, 7) is 16.6. The lowest BCUT2D eigenvalue weighted by molar-refractivity contribution is 0.181. The maximum Gasteiger partial charge on any atom is 0.232 e. The third-order valence-electron chi connectivity index (χ3n) is 2.00. The van der Waals surface area contributed by atoms with Gasteiger partial charge in [0.05, 0.1) is 0 Å². The van der Waals surface area contributed by atoms with E-state index in [1.165, 1.54) is 0 Å². The van der Waals surface area contributed by atoms with Crippen molar-refractivity contribution in [2.24, 2.45) is 5.41 Å². The van der Waals surface area contributed by atoms with Gasteiger partial charge in [-0.15, -0.1) is 0 Å². The molecular formula is C13H35N2O3PS. The minimum absolute atomic E-state index is 0.0726. The highest BCUT2D eigenvalue weighted by atomic mass is 32.7. The molecule has 0 radical (unpaired) electrons. The first-order valence-electron chi connectivity index (χ1n) is 7.14. The summed E-state index contributed by atoms with van der Waals surface area (Å²) in [6.07, 6.45) is 0. The predicted molar refractivity (Wildman–Crippen MR) is 93.1 cm³/mol. The van der Waals surface area contributed by atoms with Gasteiger partial charge in [-0.1, -0.05) is 52.9 Å². The van der Waals surface area contributed by atoms with E-state index in [1.54, 1.807) is 0 Å². The van der Waals surface area contributed by atoms with Crippen molar-refractivity contribution in [3.05, 3.63) is 0 Å². The first-order chi connectivity index (χ1) is 9.31. The van der Waals surface area contributed by atoms with Gasteiger partial charge >= 0.3 is 0 Å². The summed E-state index contributed by atoms with van der Waals surface area (Å²) < 4.78 is 0. The van der Waals surface area contributed by atoms with Gasteiger partial charge in [0.25, 0.3) is 0 Å². The zero-order valence-electron chi connectivity index (χ0n) is 13.9. The molecule has 0 aliphatic rings. The van der Waals surface area contributed by atoms with E-state index in [0.717, 1.165) is 37.6 Å². The van der Waals surface area contributed by atoms with E-state index in [2.05, 4.69) is 38.3 Å². The Balaban J connectivity index is -0.000000244. The summed E-state index contributed by atoms with van der Waals surface area (Å²) in [5, 5.41) is 15.0. The van der Waals surface area contributed by atoms with Crippen molar-refractivity contribution in [2.75, 3.05) is 38.5 Å². The Hall–Kier alpha value is 0.580. The highest BCUT2D eigenvalue weighted by Crippen LogP contribution is 2.43. The van der Waals surface area contributed by atoms with Gasteiger partial charge in [-0.2, -0.15) is 0 Å². The van der Waals surface area contributed by atoms with Crippen molar-refractivity contribution < 1.29 is 14.9 Å².